The van der Waals surface area contributed by atoms with Crippen molar-refractivity contribution in [1.29, 1.82) is 0 Å². The summed E-state index contributed by atoms with van der Waals surface area (Å²) in [5, 5.41) is 7.48. The number of nitrogens with one attached hydrogen (secondary N) is 1. The molecule has 16 heavy (non-hydrogen) atoms. The van der Waals surface area contributed by atoms with E-state index in [2.05, 4.69) is 10.4 Å². The van der Waals surface area contributed by atoms with E-state index in [0.29, 0.717) is 6.54 Å². The fourth-order valence-electron chi connectivity index (χ4n) is 1.66. The van der Waals surface area contributed by atoms with Gasteiger partial charge >= 0.3 is 0 Å². The maximum atomic E-state index is 5.66. The third-order valence-electron chi connectivity index (χ3n) is 2.61. The van der Waals surface area contributed by atoms with Crippen LogP contribution in [0.1, 0.15) is 11.6 Å². The van der Waals surface area contributed by atoms with Crippen LogP contribution in [0.2, 0.25) is 0 Å². The second kappa shape index (κ2) is 4.92. The minimum atomic E-state index is 0.164. The molecule has 0 aliphatic heterocycles. The summed E-state index contributed by atoms with van der Waals surface area (Å²) >= 11 is 0. The lowest BCUT2D eigenvalue weighted by Crippen LogP contribution is -2.24. The molecular formula is C12H16N4. The fourth-order valence-corrected chi connectivity index (χ4v) is 1.66. The van der Waals surface area contributed by atoms with Crippen molar-refractivity contribution in [3.8, 4) is 5.69 Å². The first kappa shape index (κ1) is 10.9. The summed E-state index contributed by atoms with van der Waals surface area (Å²) in [5.74, 6) is 0. The van der Waals surface area contributed by atoms with Gasteiger partial charge in [-0.25, -0.2) is 4.68 Å². The van der Waals surface area contributed by atoms with Crippen molar-refractivity contribution in [1.82, 2.24) is 15.1 Å². The standard InChI is InChI=1S/C12H16N4/c1-14-12(7-13)10-8-15-16(9-10)11-5-3-2-4-6-11/h2-6,8-9,12,14H,7,13H2,1H3. The highest BCUT2D eigenvalue weighted by Crippen LogP contribution is 2.13. The van der Waals surface area contributed by atoms with Gasteiger partial charge in [-0.2, -0.15) is 5.10 Å². The van der Waals surface area contributed by atoms with E-state index in [1.165, 1.54) is 0 Å². The first-order valence-corrected chi connectivity index (χ1v) is 5.32. The van der Waals surface area contributed by atoms with Crippen molar-refractivity contribution in [2.24, 2.45) is 5.73 Å². The Bertz CT molecular complexity index is 431. The number of benzene rings is 1. The van der Waals surface area contributed by atoms with Crippen LogP contribution in [0.25, 0.3) is 5.69 Å². The topological polar surface area (TPSA) is 55.9 Å². The first-order chi connectivity index (χ1) is 7.85. The summed E-state index contributed by atoms with van der Waals surface area (Å²) < 4.78 is 1.86. The van der Waals surface area contributed by atoms with Crippen molar-refractivity contribution >= 4 is 0 Å². The zero-order valence-electron chi connectivity index (χ0n) is 9.30. The number of likely N-dealkylation sites (N-methyl/N-ethyl adjacent to an activating group) is 1. The van der Waals surface area contributed by atoms with Crippen molar-refractivity contribution in [2.45, 2.75) is 6.04 Å². The molecule has 3 N–H and O–H groups in total. The number of hydrogen-bond donors (Lipinski definition) is 2. The lowest BCUT2D eigenvalue weighted by molar-refractivity contribution is 0.605. The Morgan fingerprint density at radius 2 is 2.12 bits per heavy atom. The molecule has 84 valence electrons. The molecule has 1 heterocycles. The van der Waals surface area contributed by atoms with Crippen LogP contribution in [0, 0.1) is 0 Å². The number of nitrogens with zero attached hydrogens (tertiary/aromatic N) is 2. The highest BCUT2D eigenvalue weighted by atomic mass is 15.3. The van der Waals surface area contributed by atoms with Gasteiger partial charge in [0, 0.05) is 24.3 Å². The molecule has 0 spiro atoms. The Hall–Kier alpha value is -1.65. The Balaban J connectivity index is 2.26. The molecule has 2 aromatic rings. The largest absolute Gasteiger partial charge is 0.329 e. The van der Waals surface area contributed by atoms with Crippen LogP contribution in [0.4, 0.5) is 0 Å². The maximum absolute atomic E-state index is 5.66. The Labute approximate surface area is 95.1 Å². The van der Waals surface area contributed by atoms with Gasteiger partial charge in [0.1, 0.15) is 0 Å². The van der Waals surface area contributed by atoms with E-state index in [4.69, 9.17) is 5.73 Å². The lowest BCUT2D eigenvalue weighted by atomic mass is 10.2. The smallest absolute Gasteiger partial charge is 0.0645 e. The number of para-hydroxylation sites is 1. The summed E-state index contributed by atoms with van der Waals surface area (Å²) in [6, 6.07) is 10.2. The van der Waals surface area contributed by atoms with Crippen LogP contribution < -0.4 is 11.1 Å². The molecule has 0 bridgehead atoms. The molecule has 0 radical (unpaired) electrons. The van der Waals surface area contributed by atoms with Crippen LogP contribution in [-0.2, 0) is 0 Å². The van der Waals surface area contributed by atoms with E-state index in [-0.39, 0.29) is 6.04 Å². The molecule has 0 amide bonds. The average molecular weight is 216 g/mol. The Morgan fingerprint density at radius 3 is 2.75 bits per heavy atom. The quantitative estimate of drug-likeness (QED) is 0.804. The highest BCUT2D eigenvalue weighted by Gasteiger charge is 2.09. The van der Waals surface area contributed by atoms with Gasteiger partial charge < -0.3 is 11.1 Å². The molecule has 1 atom stereocenters. The van der Waals surface area contributed by atoms with Gasteiger partial charge in [-0.15, -0.1) is 0 Å². The first-order valence-electron chi connectivity index (χ1n) is 5.32. The van der Waals surface area contributed by atoms with E-state index < -0.39 is 0 Å². The molecule has 0 fully saturated rings. The van der Waals surface area contributed by atoms with Crippen LogP contribution >= 0.6 is 0 Å². The monoisotopic (exact) mass is 216 g/mol. The van der Waals surface area contributed by atoms with Crippen LogP contribution in [-0.4, -0.2) is 23.4 Å². The summed E-state index contributed by atoms with van der Waals surface area (Å²) in [4.78, 5) is 0. The van der Waals surface area contributed by atoms with Gasteiger partial charge in [-0.05, 0) is 19.2 Å². The van der Waals surface area contributed by atoms with Crippen LogP contribution in [0.5, 0.6) is 0 Å². The third-order valence-corrected chi connectivity index (χ3v) is 2.61. The van der Waals surface area contributed by atoms with Crippen molar-refractivity contribution in [3.05, 3.63) is 48.3 Å². The second-order valence-corrected chi connectivity index (χ2v) is 3.63. The summed E-state index contributed by atoms with van der Waals surface area (Å²) in [6.07, 6.45) is 3.85. The number of nitrogens with two attached hydrogens (primary N) is 1. The molecule has 2 rings (SSSR count). The molecule has 4 heteroatoms. The SMILES string of the molecule is CNC(CN)c1cnn(-c2ccccc2)c1. The zero-order valence-corrected chi connectivity index (χ0v) is 9.30. The molecule has 0 aliphatic rings. The number of hydrogen-bond acceptors (Lipinski definition) is 3. The van der Waals surface area contributed by atoms with Gasteiger partial charge in [0.2, 0.25) is 0 Å². The molecular weight excluding hydrogens is 200 g/mol. The number of rotatable bonds is 4. The predicted octanol–water partition coefficient (Wildman–Crippen LogP) is 1.09. The van der Waals surface area contributed by atoms with Gasteiger partial charge in [-0.3, -0.25) is 0 Å². The van der Waals surface area contributed by atoms with E-state index >= 15 is 0 Å². The van der Waals surface area contributed by atoms with Crippen molar-refractivity contribution in [3.63, 3.8) is 0 Å². The van der Waals surface area contributed by atoms with Crippen molar-refractivity contribution < 1.29 is 0 Å². The molecule has 1 aromatic carbocycles. The Morgan fingerprint density at radius 1 is 1.38 bits per heavy atom. The minimum absolute atomic E-state index is 0.164. The number of aromatic nitrogens is 2. The lowest BCUT2D eigenvalue weighted by Gasteiger charge is -2.10. The zero-order chi connectivity index (χ0) is 11.4. The van der Waals surface area contributed by atoms with E-state index in [1.807, 2.05) is 54.5 Å². The van der Waals surface area contributed by atoms with Crippen molar-refractivity contribution in [2.75, 3.05) is 13.6 Å². The van der Waals surface area contributed by atoms with Crippen LogP contribution in [0.3, 0.4) is 0 Å². The summed E-state index contributed by atoms with van der Waals surface area (Å²) in [5.41, 5.74) is 7.83. The van der Waals surface area contributed by atoms with Crippen LogP contribution in [0.15, 0.2) is 42.7 Å². The van der Waals surface area contributed by atoms with E-state index in [1.54, 1.807) is 0 Å². The molecule has 1 aromatic heterocycles. The Kier molecular flexibility index (Phi) is 3.34. The summed E-state index contributed by atoms with van der Waals surface area (Å²) in [7, 11) is 1.90. The van der Waals surface area contributed by atoms with E-state index in [0.717, 1.165) is 11.3 Å². The minimum Gasteiger partial charge on any atom is -0.329 e. The molecule has 1 unspecified atom stereocenters. The fraction of sp³-hybridized carbons (Fsp3) is 0.250. The molecule has 0 saturated heterocycles. The predicted molar refractivity (Wildman–Crippen MR) is 64.4 cm³/mol. The molecule has 0 aliphatic carbocycles. The van der Waals surface area contributed by atoms with E-state index in [9.17, 15) is 0 Å². The van der Waals surface area contributed by atoms with Gasteiger partial charge in [0.15, 0.2) is 0 Å². The molecule has 4 nitrogen and oxygen atoms in total. The maximum Gasteiger partial charge on any atom is 0.0645 e. The van der Waals surface area contributed by atoms with Gasteiger partial charge in [0.25, 0.3) is 0 Å². The summed E-state index contributed by atoms with van der Waals surface area (Å²) in [6.45, 7) is 0.566. The highest BCUT2D eigenvalue weighted by molar-refractivity contribution is 5.31. The third kappa shape index (κ3) is 2.13. The molecule has 0 saturated carbocycles. The normalized spacial score (nSPS) is 12.6. The van der Waals surface area contributed by atoms with Gasteiger partial charge in [-0.1, -0.05) is 18.2 Å². The second-order valence-electron chi connectivity index (χ2n) is 3.63. The van der Waals surface area contributed by atoms with Gasteiger partial charge in [0.05, 0.1) is 11.9 Å². The average Bonchev–Trinajstić information content (AvgIpc) is 2.81.